The normalized spacial score (nSPS) is 28.1. The van der Waals surface area contributed by atoms with Gasteiger partial charge in [-0.2, -0.15) is 0 Å². The van der Waals surface area contributed by atoms with Crippen LogP contribution in [0.2, 0.25) is 0 Å². The number of aliphatic hydroxyl groups is 1. The second-order valence-corrected chi connectivity index (χ2v) is 7.28. The molecule has 1 saturated carbocycles. The fourth-order valence-corrected chi connectivity index (χ4v) is 4.33. The highest BCUT2D eigenvalue weighted by Gasteiger charge is 2.32. The maximum atomic E-state index is 12.6. The number of carbonyl (C=O) groups is 1. The topological polar surface area (TPSA) is 74.7 Å². The Balaban J connectivity index is 1.56. The van der Waals surface area contributed by atoms with Crippen LogP contribution in [0.3, 0.4) is 0 Å². The zero-order valence-corrected chi connectivity index (χ0v) is 14.3. The van der Waals surface area contributed by atoms with Crippen molar-refractivity contribution in [2.24, 2.45) is 5.92 Å². The van der Waals surface area contributed by atoms with E-state index in [1.807, 2.05) is 17.2 Å². The largest absolute Gasteiger partial charge is 0.396 e. The van der Waals surface area contributed by atoms with E-state index < -0.39 is 0 Å². The van der Waals surface area contributed by atoms with Crippen LogP contribution in [-0.2, 0) is 4.74 Å². The Bertz CT molecular complexity index is 536. The summed E-state index contributed by atoms with van der Waals surface area (Å²) in [7, 11) is 0. The molecule has 2 fully saturated rings. The average molecular weight is 339 g/mol. The fourth-order valence-electron chi connectivity index (χ4n) is 3.49. The summed E-state index contributed by atoms with van der Waals surface area (Å²) in [6, 6.07) is 0.180. The molecular formula is C16H25N3O3S. The van der Waals surface area contributed by atoms with E-state index in [0.29, 0.717) is 25.6 Å². The number of amides is 2. The van der Waals surface area contributed by atoms with Gasteiger partial charge in [0, 0.05) is 30.3 Å². The number of aryl methyl sites for hydroxylation is 1. The molecule has 0 aromatic carbocycles. The summed E-state index contributed by atoms with van der Waals surface area (Å²) in [5, 5.41) is 15.3. The van der Waals surface area contributed by atoms with Gasteiger partial charge < -0.3 is 20.1 Å². The molecule has 1 saturated heterocycles. The maximum absolute atomic E-state index is 12.6. The summed E-state index contributed by atoms with van der Waals surface area (Å²) in [5.74, 6) is 0.405. The lowest BCUT2D eigenvalue weighted by Gasteiger charge is -2.33. The van der Waals surface area contributed by atoms with Crippen molar-refractivity contribution in [3.63, 3.8) is 0 Å². The van der Waals surface area contributed by atoms with Crippen molar-refractivity contribution in [2.75, 3.05) is 26.3 Å². The Morgan fingerprint density at radius 2 is 2.43 bits per heavy atom. The summed E-state index contributed by atoms with van der Waals surface area (Å²) in [4.78, 5) is 18.9. The smallest absolute Gasteiger partial charge is 0.317 e. The Morgan fingerprint density at radius 3 is 3.17 bits per heavy atom. The third-order valence-corrected chi connectivity index (χ3v) is 5.79. The molecule has 2 heterocycles. The minimum absolute atomic E-state index is 0.0126. The number of carbonyl (C=O) groups excluding carboxylic acids is 1. The Labute approximate surface area is 140 Å². The predicted octanol–water partition coefficient (Wildman–Crippen LogP) is 2.09. The molecule has 0 radical (unpaired) electrons. The number of aromatic nitrogens is 1. The van der Waals surface area contributed by atoms with Gasteiger partial charge in [-0.05, 0) is 32.1 Å². The molecular weight excluding hydrogens is 314 g/mol. The van der Waals surface area contributed by atoms with E-state index >= 15 is 0 Å². The van der Waals surface area contributed by atoms with Crippen molar-refractivity contribution in [2.45, 2.75) is 44.8 Å². The standard InChI is InChI=1S/C16H25N3O3S/c1-11-10-23-15(17-11)14-9-19(6-8-22-14)16(21)18-13-4-2-3-12(13)5-7-20/h10,12-14,20H,2-9H2,1H3,(H,18,21)/t12-,13-,14-/m0/s1. The van der Waals surface area contributed by atoms with Gasteiger partial charge in [-0.25, -0.2) is 9.78 Å². The zero-order chi connectivity index (χ0) is 16.2. The highest BCUT2D eigenvalue weighted by atomic mass is 32.1. The van der Waals surface area contributed by atoms with Gasteiger partial charge in [-0.1, -0.05) is 6.42 Å². The van der Waals surface area contributed by atoms with E-state index in [9.17, 15) is 4.79 Å². The molecule has 1 aromatic heterocycles. The second-order valence-electron chi connectivity index (χ2n) is 6.39. The molecule has 7 heteroatoms. The number of morpholine rings is 1. The van der Waals surface area contributed by atoms with E-state index in [4.69, 9.17) is 9.84 Å². The zero-order valence-electron chi connectivity index (χ0n) is 13.5. The number of nitrogens with zero attached hydrogens (tertiary/aromatic N) is 2. The highest BCUT2D eigenvalue weighted by molar-refractivity contribution is 7.09. The summed E-state index contributed by atoms with van der Waals surface area (Å²) in [6.07, 6.45) is 3.88. The molecule has 6 nitrogen and oxygen atoms in total. The number of urea groups is 1. The van der Waals surface area contributed by atoms with E-state index in [0.717, 1.165) is 36.4 Å². The lowest BCUT2D eigenvalue weighted by molar-refractivity contribution is -0.0161. The van der Waals surface area contributed by atoms with Crippen LogP contribution < -0.4 is 5.32 Å². The molecule has 1 aliphatic heterocycles. The summed E-state index contributed by atoms with van der Waals surface area (Å²) in [5.41, 5.74) is 0.993. The van der Waals surface area contributed by atoms with Gasteiger partial charge >= 0.3 is 6.03 Å². The number of hydrogen-bond donors (Lipinski definition) is 2. The first kappa shape index (κ1) is 16.7. The van der Waals surface area contributed by atoms with E-state index in [2.05, 4.69) is 10.3 Å². The van der Waals surface area contributed by atoms with Crippen molar-refractivity contribution in [3.05, 3.63) is 16.1 Å². The quantitative estimate of drug-likeness (QED) is 0.881. The summed E-state index contributed by atoms with van der Waals surface area (Å²) >= 11 is 1.59. The molecule has 2 aliphatic rings. The van der Waals surface area contributed by atoms with Crippen LogP contribution in [-0.4, -0.2) is 53.4 Å². The SMILES string of the molecule is Cc1csc([C@@H]2CN(C(=O)N[C@H]3CCC[C@H]3CCO)CCO2)n1. The van der Waals surface area contributed by atoms with Crippen LogP contribution in [0.5, 0.6) is 0 Å². The van der Waals surface area contributed by atoms with E-state index in [-0.39, 0.29) is 24.8 Å². The van der Waals surface area contributed by atoms with Crippen LogP contribution in [0.4, 0.5) is 4.79 Å². The Kier molecular flexibility index (Phi) is 5.50. The third-order valence-electron chi connectivity index (χ3n) is 4.73. The minimum Gasteiger partial charge on any atom is -0.396 e. The minimum atomic E-state index is -0.120. The van der Waals surface area contributed by atoms with Gasteiger partial charge in [0.2, 0.25) is 0 Å². The molecule has 0 unspecified atom stereocenters. The lowest BCUT2D eigenvalue weighted by atomic mass is 10.0. The van der Waals surface area contributed by atoms with Crippen molar-refractivity contribution in [1.29, 1.82) is 0 Å². The van der Waals surface area contributed by atoms with Crippen LogP contribution in [0.15, 0.2) is 5.38 Å². The average Bonchev–Trinajstić information content (AvgIpc) is 3.17. The molecule has 128 valence electrons. The van der Waals surface area contributed by atoms with Gasteiger partial charge in [-0.3, -0.25) is 0 Å². The second kappa shape index (κ2) is 7.59. The number of ether oxygens (including phenoxy) is 1. The van der Waals surface area contributed by atoms with Crippen LogP contribution in [0.25, 0.3) is 0 Å². The Hall–Kier alpha value is -1.18. The van der Waals surface area contributed by atoms with Gasteiger partial charge in [0.15, 0.2) is 0 Å². The fraction of sp³-hybridized carbons (Fsp3) is 0.750. The van der Waals surface area contributed by atoms with Gasteiger partial charge in [0.25, 0.3) is 0 Å². The first-order valence-electron chi connectivity index (χ1n) is 8.37. The number of nitrogens with one attached hydrogen (secondary N) is 1. The number of rotatable bonds is 4. The van der Waals surface area contributed by atoms with E-state index in [1.165, 1.54) is 0 Å². The van der Waals surface area contributed by atoms with Gasteiger partial charge in [0.1, 0.15) is 11.1 Å². The van der Waals surface area contributed by atoms with Crippen molar-refractivity contribution in [3.8, 4) is 0 Å². The molecule has 2 N–H and O–H groups in total. The van der Waals surface area contributed by atoms with Crippen LogP contribution >= 0.6 is 11.3 Å². The molecule has 1 aliphatic carbocycles. The predicted molar refractivity (Wildman–Crippen MR) is 88.5 cm³/mol. The monoisotopic (exact) mass is 339 g/mol. The molecule has 3 atom stereocenters. The third kappa shape index (κ3) is 4.02. The highest BCUT2D eigenvalue weighted by Crippen LogP contribution is 2.29. The van der Waals surface area contributed by atoms with Gasteiger partial charge in [0.05, 0.1) is 13.2 Å². The summed E-state index contributed by atoms with van der Waals surface area (Å²) in [6.45, 7) is 3.87. The first-order chi connectivity index (χ1) is 11.2. The number of thiazole rings is 1. The van der Waals surface area contributed by atoms with E-state index in [1.54, 1.807) is 11.3 Å². The summed E-state index contributed by atoms with van der Waals surface area (Å²) < 4.78 is 5.78. The molecule has 0 bridgehead atoms. The number of aliphatic hydroxyl groups excluding tert-OH is 1. The maximum Gasteiger partial charge on any atom is 0.317 e. The lowest BCUT2D eigenvalue weighted by Crippen LogP contribution is -2.50. The molecule has 3 rings (SSSR count). The molecule has 23 heavy (non-hydrogen) atoms. The Morgan fingerprint density at radius 1 is 1.57 bits per heavy atom. The van der Waals surface area contributed by atoms with Gasteiger partial charge in [-0.15, -0.1) is 11.3 Å². The van der Waals surface area contributed by atoms with Crippen LogP contribution in [0, 0.1) is 12.8 Å². The molecule has 1 aromatic rings. The van der Waals surface area contributed by atoms with Crippen molar-refractivity contribution in [1.82, 2.24) is 15.2 Å². The number of hydrogen-bond acceptors (Lipinski definition) is 5. The molecule has 0 spiro atoms. The van der Waals surface area contributed by atoms with Crippen molar-refractivity contribution >= 4 is 17.4 Å². The van der Waals surface area contributed by atoms with Crippen LogP contribution in [0.1, 0.15) is 42.5 Å². The first-order valence-corrected chi connectivity index (χ1v) is 9.25. The molecule has 2 amide bonds. The van der Waals surface area contributed by atoms with Crippen molar-refractivity contribution < 1.29 is 14.6 Å².